The molecule has 3 rings (SSSR count). The van der Waals surface area contributed by atoms with Crippen LogP contribution in [0.2, 0.25) is 0 Å². The van der Waals surface area contributed by atoms with E-state index < -0.39 is 18.0 Å². The number of hydrogen-bond acceptors (Lipinski definition) is 7. The van der Waals surface area contributed by atoms with Gasteiger partial charge in [-0.2, -0.15) is 0 Å². The fourth-order valence-corrected chi connectivity index (χ4v) is 4.16. The highest BCUT2D eigenvalue weighted by Crippen LogP contribution is 2.18. The molecular formula is C33H39N3O7. The molecule has 3 amide bonds. The van der Waals surface area contributed by atoms with E-state index in [1.165, 1.54) is 7.11 Å². The van der Waals surface area contributed by atoms with E-state index in [1.807, 2.05) is 74.5 Å². The van der Waals surface area contributed by atoms with Gasteiger partial charge in [0.25, 0.3) is 5.91 Å². The van der Waals surface area contributed by atoms with Crippen LogP contribution in [0.25, 0.3) is 0 Å². The van der Waals surface area contributed by atoms with Gasteiger partial charge in [0.05, 0.1) is 24.8 Å². The van der Waals surface area contributed by atoms with Crippen molar-refractivity contribution in [3.63, 3.8) is 0 Å². The number of hydroxylamine groups is 1. The molecule has 0 saturated carbocycles. The molecule has 0 aliphatic carbocycles. The average Bonchev–Trinajstić information content (AvgIpc) is 3.02. The number of nitrogens with one attached hydrogen (secondary N) is 2. The summed E-state index contributed by atoms with van der Waals surface area (Å²) in [5, 5.41) is 2.79. The third kappa shape index (κ3) is 10.9. The molecule has 228 valence electrons. The van der Waals surface area contributed by atoms with Crippen LogP contribution in [-0.4, -0.2) is 48.5 Å². The van der Waals surface area contributed by atoms with Gasteiger partial charge in [0.2, 0.25) is 5.91 Å². The third-order valence-electron chi connectivity index (χ3n) is 6.53. The number of hydrogen-bond donors (Lipinski definition) is 2. The minimum atomic E-state index is -0.665. The first kappa shape index (κ1) is 32.8. The standard InChI is InChI=1S/C33H39N3O7/c1-24(2)36(33(40)42-22-25-12-6-4-7-13-25)21-27-17-18-28(29(20-27)32(39)41-3)31(38)34-19-11-10-16-30(37)35-43-23-26-14-8-5-9-15-26/h4-9,12-15,17-18,20,24H,10-11,16,19,21-23H2,1-3H3,(H,34,38)(H,35,37). The summed E-state index contributed by atoms with van der Waals surface area (Å²) in [5.41, 5.74) is 5.13. The maximum absolute atomic E-state index is 12.9. The number of amides is 3. The topological polar surface area (TPSA) is 123 Å². The van der Waals surface area contributed by atoms with E-state index in [-0.39, 0.29) is 49.3 Å². The molecule has 0 atom stereocenters. The molecule has 0 spiro atoms. The number of carbonyl (C=O) groups excluding carboxylic acids is 4. The molecule has 3 aromatic rings. The normalized spacial score (nSPS) is 10.6. The second-order valence-electron chi connectivity index (χ2n) is 10.1. The molecule has 0 bridgehead atoms. The number of unbranched alkanes of at least 4 members (excludes halogenated alkanes) is 1. The first-order valence-electron chi connectivity index (χ1n) is 14.2. The first-order chi connectivity index (χ1) is 20.8. The van der Waals surface area contributed by atoms with Crippen LogP contribution in [0.15, 0.2) is 78.9 Å². The number of esters is 1. The number of rotatable bonds is 15. The van der Waals surface area contributed by atoms with Crippen LogP contribution in [0, 0.1) is 0 Å². The smallest absolute Gasteiger partial charge is 0.410 e. The van der Waals surface area contributed by atoms with Crippen LogP contribution in [0.3, 0.4) is 0 Å². The van der Waals surface area contributed by atoms with Gasteiger partial charge in [0.15, 0.2) is 0 Å². The Hall–Kier alpha value is -4.70. The Labute approximate surface area is 252 Å². The molecule has 10 nitrogen and oxygen atoms in total. The molecule has 0 aliphatic heterocycles. The van der Waals surface area contributed by atoms with Crippen molar-refractivity contribution in [3.8, 4) is 0 Å². The monoisotopic (exact) mass is 589 g/mol. The van der Waals surface area contributed by atoms with Crippen molar-refractivity contribution >= 4 is 23.9 Å². The number of nitrogens with zero attached hydrogens (tertiary/aromatic N) is 1. The highest BCUT2D eigenvalue weighted by molar-refractivity contribution is 6.05. The summed E-state index contributed by atoms with van der Waals surface area (Å²) in [6.07, 6.45) is 0.844. The summed E-state index contributed by atoms with van der Waals surface area (Å²) in [6, 6.07) is 23.5. The van der Waals surface area contributed by atoms with E-state index in [1.54, 1.807) is 23.1 Å². The van der Waals surface area contributed by atoms with E-state index in [2.05, 4.69) is 10.8 Å². The van der Waals surface area contributed by atoms with Gasteiger partial charge in [-0.25, -0.2) is 15.1 Å². The SMILES string of the molecule is COC(=O)c1cc(CN(C(=O)OCc2ccccc2)C(C)C)ccc1C(=O)NCCCCC(=O)NOCc1ccccc1. The summed E-state index contributed by atoms with van der Waals surface area (Å²) >= 11 is 0. The van der Waals surface area contributed by atoms with Gasteiger partial charge >= 0.3 is 12.1 Å². The van der Waals surface area contributed by atoms with Gasteiger partial charge < -0.3 is 19.7 Å². The van der Waals surface area contributed by atoms with Crippen LogP contribution < -0.4 is 10.8 Å². The van der Waals surface area contributed by atoms with Crippen LogP contribution >= 0.6 is 0 Å². The van der Waals surface area contributed by atoms with Crippen molar-refractivity contribution < 1.29 is 33.5 Å². The lowest BCUT2D eigenvalue weighted by Crippen LogP contribution is -2.37. The number of carbonyl (C=O) groups is 4. The molecule has 0 aromatic heterocycles. The maximum atomic E-state index is 12.9. The zero-order chi connectivity index (χ0) is 31.0. The van der Waals surface area contributed by atoms with Crippen molar-refractivity contribution in [3.05, 3.63) is 107 Å². The molecule has 0 radical (unpaired) electrons. The Morgan fingerprint density at radius 2 is 1.44 bits per heavy atom. The number of methoxy groups -OCH3 is 1. The predicted molar refractivity (Wildman–Crippen MR) is 161 cm³/mol. The van der Waals surface area contributed by atoms with Crippen molar-refractivity contribution in [2.45, 2.75) is 58.9 Å². The van der Waals surface area contributed by atoms with Crippen LogP contribution in [0.5, 0.6) is 0 Å². The lowest BCUT2D eigenvalue weighted by molar-refractivity contribution is -0.134. The van der Waals surface area contributed by atoms with Gasteiger partial charge in [0.1, 0.15) is 6.61 Å². The van der Waals surface area contributed by atoms with Gasteiger partial charge in [0, 0.05) is 25.6 Å². The first-order valence-corrected chi connectivity index (χ1v) is 14.2. The van der Waals surface area contributed by atoms with Crippen LogP contribution in [0.1, 0.15) is 70.5 Å². The minimum absolute atomic E-state index is 0.0915. The summed E-state index contributed by atoms with van der Waals surface area (Å²) in [6.45, 7) is 4.64. The van der Waals surface area contributed by atoms with Crippen LogP contribution in [-0.2, 0) is 38.9 Å². The maximum Gasteiger partial charge on any atom is 0.410 e. The molecule has 3 aromatic carbocycles. The molecular weight excluding hydrogens is 550 g/mol. The van der Waals surface area contributed by atoms with E-state index in [0.717, 1.165) is 11.1 Å². The Morgan fingerprint density at radius 1 is 0.791 bits per heavy atom. The van der Waals surface area contributed by atoms with Gasteiger partial charge in [-0.15, -0.1) is 0 Å². The second-order valence-corrected chi connectivity index (χ2v) is 10.1. The highest BCUT2D eigenvalue weighted by atomic mass is 16.6. The van der Waals surface area contributed by atoms with Crippen molar-refractivity contribution in [2.75, 3.05) is 13.7 Å². The summed E-state index contributed by atoms with van der Waals surface area (Å²) in [4.78, 5) is 57.1. The number of benzene rings is 3. The van der Waals surface area contributed by atoms with E-state index in [4.69, 9.17) is 14.3 Å². The minimum Gasteiger partial charge on any atom is -0.465 e. The lowest BCUT2D eigenvalue weighted by atomic mass is 10.0. The van der Waals surface area contributed by atoms with E-state index in [0.29, 0.717) is 24.9 Å². The Balaban J connectivity index is 1.50. The molecule has 10 heteroatoms. The molecule has 0 fully saturated rings. The highest BCUT2D eigenvalue weighted by Gasteiger charge is 2.22. The van der Waals surface area contributed by atoms with Gasteiger partial charge in [-0.05, 0) is 55.5 Å². The molecule has 0 aliphatic rings. The third-order valence-corrected chi connectivity index (χ3v) is 6.53. The van der Waals surface area contributed by atoms with Gasteiger partial charge in [-0.1, -0.05) is 66.7 Å². The van der Waals surface area contributed by atoms with E-state index in [9.17, 15) is 19.2 Å². The fraction of sp³-hybridized carbons (Fsp3) is 0.333. The van der Waals surface area contributed by atoms with Crippen molar-refractivity contribution in [1.29, 1.82) is 0 Å². The van der Waals surface area contributed by atoms with Crippen molar-refractivity contribution in [1.82, 2.24) is 15.7 Å². The largest absolute Gasteiger partial charge is 0.465 e. The number of ether oxygens (including phenoxy) is 2. The second kappa shape index (κ2) is 17.3. The fourth-order valence-electron chi connectivity index (χ4n) is 4.16. The molecule has 0 heterocycles. The average molecular weight is 590 g/mol. The summed E-state index contributed by atoms with van der Waals surface area (Å²) in [7, 11) is 1.24. The van der Waals surface area contributed by atoms with Gasteiger partial charge in [-0.3, -0.25) is 14.4 Å². The molecule has 2 N–H and O–H groups in total. The predicted octanol–water partition coefficient (Wildman–Crippen LogP) is 5.17. The summed E-state index contributed by atoms with van der Waals surface area (Å²) in [5.74, 6) is -1.35. The molecule has 43 heavy (non-hydrogen) atoms. The molecule has 0 unspecified atom stereocenters. The quantitative estimate of drug-likeness (QED) is 0.142. The Morgan fingerprint density at radius 3 is 2.07 bits per heavy atom. The zero-order valence-corrected chi connectivity index (χ0v) is 24.8. The van der Waals surface area contributed by atoms with Crippen molar-refractivity contribution in [2.24, 2.45) is 0 Å². The molecule has 0 saturated heterocycles. The Bertz CT molecular complexity index is 1350. The summed E-state index contributed by atoms with van der Waals surface area (Å²) < 4.78 is 10.4. The lowest BCUT2D eigenvalue weighted by Gasteiger charge is -2.26. The van der Waals surface area contributed by atoms with E-state index >= 15 is 0 Å². The Kier molecular flexibility index (Phi) is 13.2. The zero-order valence-electron chi connectivity index (χ0n) is 24.8. The van der Waals surface area contributed by atoms with Crippen LogP contribution in [0.4, 0.5) is 4.79 Å².